The van der Waals surface area contributed by atoms with Crippen LogP contribution >= 0.6 is 11.6 Å². The Labute approximate surface area is 99.6 Å². The zero-order chi connectivity index (χ0) is 11.0. The Balaban J connectivity index is 2.00. The lowest BCUT2D eigenvalue weighted by Gasteiger charge is -2.35. The summed E-state index contributed by atoms with van der Waals surface area (Å²) in [5, 5.41) is 4.03. The Morgan fingerprint density at radius 2 is 2.50 bits per heavy atom. The molecule has 0 bridgehead atoms. The number of pyridine rings is 1. The monoisotopic (exact) mass is 239 g/mol. The van der Waals surface area contributed by atoms with Crippen LogP contribution in [0.3, 0.4) is 0 Å². The normalized spacial score (nSPS) is 24.1. The number of nitrogens with one attached hydrogen (secondary N) is 1. The van der Waals surface area contributed by atoms with E-state index in [1.165, 1.54) is 0 Å². The molecule has 0 saturated carbocycles. The zero-order valence-corrected chi connectivity index (χ0v) is 9.70. The van der Waals surface area contributed by atoms with Crippen molar-refractivity contribution in [3.63, 3.8) is 0 Å². The second kappa shape index (κ2) is 4.11. The Kier molecular flexibility index (Phi) is 2.61. The predicted octanol–water partition coefficient (Wildman–Crippen LogP) is 1.30. The Morgan fingerprint density at radius 1 is 1.56 bits per heavy atom. The molecule has 1 N–H and O–H groups in total. The molecule has 0 aromatic carbocycles. The van der Waals surface area contributed by atoms with Crippen molar-refractivity contribution < 1.29 is 4.74 Å². The lowest BCUT2D eigenvalue weighted by Crippen LogP contribution is -2.51. The first kappa shape index (κ1) is 10.2. The van der Waals surface area contributed by atoms with Crippen LogP contribution in [-0.2, 0) is 0 Å². The van der Waals surface area contributed by atoms with Crippen LogP contribution in [0.4, 0.5) is 5.82 Å². The van der Waals surface area contributed by atoms with Gasteiger partial charge in [-0.2, -0.15) is 0 Å². The second-order valence-corrected chi connectivity index (χ2v) is 4.60. The maximum atomic E-state index is 5.93. The molecule has 0 radical (unpaired) electrons. The number of nitrogens with zero attached hydrogens (tertiary/aromatic N) is 2. The number of hydrogen-bond donors (Lipinski definition) is 1. The van der Waals surface area contributed by atoms with Gasteiger partial charge in [0, 0.05) is 44.4 Å². The van der Waals surface area contributed by atoms with Crippen LogP contribution in [0.2, 0.25) is 5.02 Å². The molecule has 3 rings (SSSR count). The molecule has 1 aromatic heterocycles. The number of fused-ring (bicyclic) bond motifs is 3. The molecule has 3 heterocycles. The van der Waals surface area contributed by atoms with E-state index >= 15 is 0 Å². The van der Waals surface area contributed by atoms with E-state index in [1.807, 2.05) is 6.07 Å². The summed E-state index contributed by atoms with van der Waals surface area (Å²) in [4.78, 5) is 6.73. The molecule has 2 aliphatic rings. The first-order valence-corrected chi connectivity index (χ1v) is 5.98. The summed E-state index contributed by atoms with van der Waals surface area (Å²) >= 11 is 5.93. The SMILES string of the molecule is Clc1cnc2c(c1)OCC[C@@H]1CNCCN21. The number of piperazine rings is 1. The first-order chi connectivity index (χ1) is 7.84. The highest BCUT2D eigenvalue weighted by molar-refractivity contribution is 6.30. The van der Waals surface area contributed by atoms with Crippen LogP contribution in [0, 0.1) is 0 Å². The summed E-state index contributed by atoms with van der Waals surface area (Å²) in [5.41, 5.74) is 0. The smallest absolute Gasteiger partial charge is 0.171 e. The summed E-state index contributed by atoms with van der Waals surface area (Å²) in [6.07, 6.45) is 2.72. The van der Waals surface area contributed by atoms with E-state index in [0.29, 0.717) is 11.1 Å². The van der Waals surface area contributed by atoms with Gasteiger partial charge in [-0.15, -0.1) is 0 Å². The minimum Gasteiger partial charge on any atom is -0.490 e. The van der Waals surface area contributed by atoms with Crippen molar-refractivity contribution in [1.82, 2.24) is 10.3 Å². The van der Waals surface area contributed by atoms with Crippen LogP contribution in [0.1, 0.15) is 6.42 Å². The highest BCUT2D eigenvalue weighted by Crippen LogP contribution is 2.33. The topological polar surface area (TPSA) is 37.4 Å². The molecule has 1 atom stereocenters. The average molecular weight is 240 g/mol. The maximum Gasteiger partial charge on any atom is 0.171 e. The van der Waals surface area contributed by atoms with Gasteiger partial charge in [-0.3, -0.25) is 0 Å². The van der Waals surface area contributed by atoms with E-state index in [-0.39, 0.29) is 0 Å². The van der Waals surface area contributed by atoms with Crippen LogP contribution < -0.4 is 15.0 Å². The van der Waals surface area contributed by atoms with Gasteiger partial charge in [0.25, 0.3) is 0 Å². The van der Waals surface area contributed by atoms with Crippen molar-refractivity contribution in [3.8, 4) is 5.75 Å². The fourth-order valence-electron chi connectivity index (χ4n) is 2.34. The van der Waals surface area contributed by atoms with E-state index in [0.717, 1.165) is 44.2 Å². The minimum atomic E-state index is 0.490. The lowest BCUT2D eigenvalue weighted by molar-refractivity contribution is 0.303. The Morgan fingerprint density at radius 3 is 3.44 bits per heavy atom. The summed E-state index contributed by atoms with van der Waals surface area (Å²) in [7, 11) is 0. The average Bonchev–Trinajstić information content (AvgIpc) is 2.47. The third-order valence-corrected chi connectivity index (χ3v) is 3.34. The second-order valence-electron chi connectivity index (χ2n) is 4.16. The standard InChI is InChI=1S/C11H14ClN3O/c12-8-5-10-11(14-6-8)15-3-2-13-7-9(15)1-4-16-10/h5-6,9,13H,1-4,7H2/t9-/m1/s1. The van der Waals surface area contributed by atoms with Crippen molar-refractivity contribution in [3.05, 3.63) is 17.3 Å². The summed E-state index contributed by atoms with van der Waals surface area (Å²) in [6.45, 7) is 3.72. The molecular formula is C11H14ClN3O. The van der Waals surface area contributed by atoms with Gasteiger partial charge in [-0.1, -0.05) is 11.6 Å². The molecule has 16 heavy (non-hydrogen) atoms. The number of halogens is 1. The van der Waals surface area contributed by atoms with Crippen molar-refractivity contribution in [1.29, 1.82) is 0 Å². The van der Waals surface area contributed by atoms with Crippen molar-refractivity contribution >= 4 is 17.4 Å². The molecule has 0 spiro atoms. The predicted molar refractivity (Wildman–Crippen MR) is 63.4 cm³/mol. The molecule has 5 heteroatoms. The van der Waals surface area contributed by atoms with Gasteiger partial charge < -0.3 is 15.0 Å². The molecule has 1 saturated heterocycles. The zero-order valence-electron chi connectivity index (χ0n) is 8.95. The third-order valence-electron chi connectivity index (χ3n) is 3.13. The van der Waals surface area contributed by atoms with Gasteiger partial charge >= 0.3 is 0 Å². The molecule has 1 fully saturated rings. The number of aromatic nitrogens is 1. The quantitative estimate of drug-likeness (QED) is 0.741. The number of hydrogen-bond acceptors (Lipinski definition) is 4. The Bertz CT molecular complexity index is 399. The van der Waals surface area contributed by atoms with Gasteiger partial charge in [0.1, 0.15) is 0 Å². The van der Waals surface area contributed by atoms with Crippen molar-refractivity contribution in [2.45, 2.75) is 12.5 Å². The van der Waals surface area contributed by atoms with Gasteiger partial charge in [-0.25, -0.2) is 4.98 Å². The largest absolute Gasteiger partial charge is 0.490 e. The Hall–Kier alpha value is -1.00. The summed E-state index contributed by atoms with van der Waals surface area (Å²) in [6, 6.07) is 2.34. The molecule has 86 valence electrons. The number of anilines is 1. The number of rotatable bonds is 0. The molecule has 4 nitrogen and oxygen atoms in total. The highest BCUT2D eigenvalue weighted by atomic mass is 35.5. The van der Waals surface area contributed by atoms with Crippen LogP contribution in [0.25, 0.3) is 0 Å². The van der Waals surface area contributed by atoms with E-state index in [2.05, 4.69) is 15.2 Å². The number of ether oxygens (including phenoxy) is 1. The van der Waals surface area contributed by atoms with Gasteiger partial charge in [0.2, 0.25) is 0 Å². The van der Waals surface area contributed by atoms with Crippen molar-refractivity contribution in [2.75, 3.05) is 31.1 Å². The molecule has 0 amide bonds. The van der Waals surface area contributed by atoms with E-state index < -0.39 is 0 Å². The molecule has 1 aromatic rings. The summed E-state index contributed by atoms with van der Waals surface area (Å²) < 4.78 is 5.70. The lowest BCUT2D eigenvalue weighted by atomic mass is 10.1. The first-order valence-electron chi connectivity index (χ1n) is 5.60. The minimum absolute atomic E-state index is 0.490. The van der Waals surface area contributed by atoms with Crippen LogP contribution in [0.5, 0.6) is 5.75 Å². The van der Waals surface area contributed by atoms with Gasteiger partial charge in [0.15, 0.2) is 11.6 Å². The molecule has 0 unspecified atom stereocenters. The maximum absolute atomic E-state index is 5.93. The van der Waals surface area contributed by atoms with E-state index in [4.69, 9.17) is 16.3 Å². The van der Waals surface area contributed by atoms with Crippen LogP contribution in [0.15, 0.2) is 12.3 Å². The van der Waals surface area contributed by atoms with Crippen LogP contribution in [-0.4, -0.2) is 37.3 Å². The van der Waals surface area contributed by atoms with E-state index in [1.54, 1.807) is 6.20 Å². The highest BCUT2D eigenvalue weighted by Gasteiger charge is 2.28. The van der Waals surface area contributed by atoms with Gasteiger partial charge in [-0.05, 0) is 0 Å². The van der Waals surface area contributed by atoms with E-state index in [9.17, 15) is 0 Å². The molecule has 0 aliphatic carbocycles. The third kappa shape index (κ3) is 1.72. The van der Waals surface area contributed by atoms with Gasteiger partial charge in [0.05, 0.1) is 11.6 Å². The summed E-state index contributed by atoms with van der Waals surface area (Å²) in [5.74, 6) is 1.75. The molecule has 2 aliphatic heterocycles. The fourth-order valence-corrected chi connectivity index (χ4v) is 2.49. The van der Waals surface area contributed by atoms with Crippen molar-refractivity contribution in [2.24, 2.45) is 0 Å². The fraction of sp³-hybridized carbons (Fsp3) is 0.545. The molecular weight excluding hydrogens is 226 g/mol.